The lowest BCUT2D eigenvalue weighted by molar-refractivity contribution is -0.143. The third kappa shape index (κ3) is 3.01. The summed E-state index contributed by atoms with van der Waals surface area (Å²) >= 11 is 0. The molecule has 0 aliphatic carbocycles. The van der Waals surface area contributed by atoms with E-state index in [9.17, 15) is 9.59 Å². The molecule has 1 atom stereocenters. The average Bonchev–Trinajstić information content (AvgIpc) is 2.73. The number of ether oxygens (including phenoxy) is 1. The van der Waals surface area contributed by atoms with E-state index in [-0.39, 0.29) is 18.3 Å². The van der Waals surface area contributed by atoms with Gasteiger partial charge in [-0.25, -0.2) is 0 Å². The summed E-state index contributed by atoms with van der Waals surface area (Å²) in [6.45, 7) is 4.81. The summed E-state index contributed by atoms with van der Waals surface area (Å²) in [4.78, 5) is 26.4. The fourth-order valence-corrected chi connectivity index (χ4v) is 3.24. The number of hydrogen-bond donors (Lipinski definition) is 0. The molecular formula is C18H25NO3. The van der Waals surface area contributed by atoms with Gasteiger partial charge in [0, 0.05) is 12.1 Å². The van der Waals surface area contributed by atoms with Gasteiger partial charge in [0.2, 0.25) is 0 Å². The molecule has 4 nitrogen and oxygen atoms in total. The highest BCUT2D eigenvalue weighted by atomic mass is 16.5. The van der Waals surface area contributed by atoms with Gasteiger partial charge in [0.15, 0.2) is 0 Å². The Kier molecular flexibility index (Phi) is 5.22. The van der Waals surface area contributed by atoms with Crippen molar-refractivity contribution in [2.24, 2.45) is 0 Å². The third-order valence-corrected chi connectivity index (χ3v) is 4.53. The molecule has 0 aromatic heterocycles. The Morgan fingerprint density at radius 2 is 1.95 bits per heavy atom. The number of unbranched alkanes of at least 4 members (excludes halogenated alkanes) is 3. The van der Waals surface area contributed by atoms with Crippen molar-refractivity contribution in [3.8, 4) is 0 Å². The minimum absolute atomic E-state index is 0.0264. The van der Waals surface area contributed by atoms with Gasteiger partial charge >= 0.3 is 5.97 Å². The van der Waals surface area contributed by atoms with Gasteiger partial charge in [-0.15, -0.1) is 0 Å². The number of methoxy groups -OCH3 is 1. The Balaban J connectivity index is 2.26. The van der Waals surface area contributed by atoms with Crippen molar-refractivity contribution in [3.05, 3.63) is 35.4 Å². The highest BCUT2D eigenvalue weighted by Gasteiger charge is 2.47. The van der Waals surface area contributed by atoms with E-state index in [1.54, 1.807) is 0 Å². The molecule has 1 aliphatic heterocycles. The van der Waals surface area contributed by atoms with Crippen LogP contribution in [0.15, 0.2) is 24.3 Å². The van der Waals surface area contributed by atoms with Crippen LogP contribution in [0.1, 0.15) is 61.9 Å². The lowest BCUT2D eigenvalue weighted by Crippen LogP contribution is -2.43. The molecule has 1 unspecified atom stereocenters. The van der Waals surface area contributed by atoms with Crippen LogP contribution < -0.4 is 0 Å². The maximum Gasteiger partial charge on any atom is 0.308 e. The maximum atomic E-state index is 12.7. The Bertz CT molecular complexity index is 555. The van der Waals surface area contributed by atoms with Crippen molar-refractivity contribution in [1.29, 1.82) is 0 Å². The molecule has 22 heavy (non-hydrogen) atoms. The first-order chi connectivity index (χ1) is 10.5. The molecule has 0 N–H and O–H groups in total. The summed E-state index contributed by atoms with van der Waals surface area (Å²) in [7, 11) is 1.39. The highest BCUT2D eigenvalue weighted by Crippen LogP contribution is 2.41. The Hall–Kier alpha value is -1.84. The topological polar surface area (TPSA) is 46.6 Å². The van der Waals surface area contributed by atoms with Crippen LogP contribution in [0.3, 0.4) is 0 Å². The first-order valence-corrected chi connectivity index (χ1v) is 8.03. The van der Waals surface area contributed by atoms with E-state index in [0.29, 0.717) is 12.1 Å². The van der Waals surface area contributed by atoms with Crippen molar-refractivity contribution in [2.45, 2.75) is 51.5 Å². The SMILES string of the molecule is CCCCCCN1C(=O)c2ccccc2C1(C)CC(=O)OC. The van der Waals surface area contributed by atoms with Gasteiger partial charge in [0.05, 0.1) is 19.1 Å². The number of fused-ring (bicyclic) bond motifs is 1. The molecule has 4 heteroatoms. The molecule has 0 fully saturated rings. The molecule has 2 rings (SSSR count). The van der Waals surface area contributed by atoms with Crippen LogP contribution in [0.4, 0.5) is 0 Å². The molecule has 1 aliphatic rings. The summed E-state index contributed by atoms with van der Waals surface area (Å²) in [6.07, 6.45) is 4.59. The summed E-state index contributed by atoms with van der Waals surface area (Å²) < 4.78 is 4.84. The lowest BCUT2D eigenvalue weighted by atomic mass is 9.88. The summed E-state index contributed by atoms with van der Waals surface area (Å²) in [6, 6.07) is 7.58. The van der Waals surface area contributed by atoms with Gasteiger partial charge in [-0.3, -0.25) is 9.59 Å². The van der Waals surface area contributed by atoms with E-state index >= 15 is 0 Å². The zero-order valence-electron chi connectivity index (χ0n) is 13.7. The normalized spacial score (nSPS) is 20.1. The number of hydrogen-bond acceptors (Lipinski definition) is 3. The average molecular weight is 303 g/mol. The maximum absolute atomic E-state index is 12.7. The number of benzene rings is 1. The highest BCUT2D eigenvalue weighted by molar-refractivity contribution is 6.00. The largest absolute Gasteiger partial charge is 0.469 e. The molecule has 1 aromatic carbocycles. The van der Waals surface area contributed by atoms with Crippen LogP contribution >= 0.6 is 0 Å². The molecule has 0 saturated heterocycles. The standard InChI is InChI=1S/C18H25NO3/c1-4-5-6-9-12-19-17(21)14-10-7-8-11-15(14)18(19,2)13-16(20)22-3/h7-8,10-11H,4-6,9,12-13H2,1-3H3. The second kappa shape index (κ2) is 6.95. The lowest BCUT2D eigenvalue weighted by Gasteiger charge is -2.35. The van der Waals surface area contributed by atoms with Gasteiger partial charge in [0.1, 0.15) is 0 Å². The molecule has 1 aromatic rings. The molecule has 0 spiro atoms. The van der Waals surface area contributed by atoms with Crippen LogP contribution in [-0.2, 0) is 15.1 Å². The quantitative estimate of drug-likeness (QED) is 0.572. The minimum atomic E-state index is -0.604. The fraction of sp³-hybridized carbons (Fsp3) is 0.556. The van der Waals surface area contributed by atoms with E-state index in [1.807, 2.05) is 36.1 Å². The molecule has 1 heterocycles. The van der Waals surface area contributed by atoms with Crippen LogP contribution in [0.2, 0.25) is 0 Å². The minimum Gasteiger partial charge on any atom is -0.469 e. The van der Waals surface area contributed by atoms with Crippen molar-refractivity contribution >= 4 is 11.9 Å². The Morgan fingerprint density at radius 1 is 1.23 bits per heavy atom. The second-order valence-electron chi connectivity index (χ2n) is 6.09. The van der Waals surface area contributed by atoms with Gasteiger partial charge in [0.25, 0.3) is 5.91 Å². The zero-order chi connectivity index (χ0) is 16.2. The molecule has 0 radical (unpaired) electrons. The summed E-state index contributed by atoms with van der Waals surface area (Å²) in [5, 5.41) is 0. The molecule has 0 saturated carbocycles. The zero-order valence-corrected chi connectivity index (χ0v) is 13.7. The second-order valence-corrected chi connectivity index (χ2v) is 6.09. The van der Waals surface area contributed by atoms with Crippen molar-refractivity contribution < 1.29 is 14.3 Å². The smallest absolute Gasteiger partial charge is 0.308 e. The number of nitrogens with zero attached hydrogens (tertiary/aromatic N) is 1. The van der Waals surface area contributed by atoms with E-state index in [2.05, 4.69) is 6.92 Å². The monoisotopic (exact) mass is 303 g/mol. The van der Waals surface area contributed by atoms with E-state index in [4.69, 9.17) is 4.74 Å². The third-order valence-electron chi connectivity index (χ3n) is 4.53. The van der Waals surface area contributed by atoms with E-state index in [0.717, 1.165) is 24.8 Å². The van der Waals surface area contributed by atoms with Crippen LogP contribution in [-0.4, -0.2) is 30.4 Å². The van der Waals surface area contributed by atoms with Crippen molar-refractivity contribution in [3.63, 3.8) is 0 Å². The van der Waals surface area contributed by atoms with Crippen LogP contribution in [0.25, 0.3) is 0 Å². The number of esters is 1. The van der Waals surface area contributed by atoms with Gasteiger partial charge in [-0.05, 0) is 25.0 Å². The van der Waals surface area contributed by atoms with Gasteiger partial charge < -0.3 is 9.64 Å². The Labute approximate surface area is 132 Å². The summed E-state index contributed by atoms with van der Waals surface area (Å²) in [5.74, 6) is -0.260. The molecule has 120 valence electrons. The fourth-order valence-electron chi connectivity index (χ4n) is 3.24. The van der Waals surface area contributed by atoms with Crippen molar-refractivity contribution in [2.75, 3.05) is 13.7 Å². The molecular weight excluding hydrogens is 278 g/mol. The van der Waals surface area contributed by atoms with Crippen LogP contribution in [0.5, 0.6) is 0 Å². The van der Waals surface area contributed by atoms with E-state index in [1.165, 1.54) is 13.5 Å². The van der Waals surface area contributed by atoms with Gasteiger partial charge in [-0.1, -0.05) is 44.4 Å². The number of amides is 1. The number of carbonyl (C=O) groups is 2. The predicted molar refractivity (Wildman–Crippen MR) is 85.6 cm³/mol. The first kappa shape index (κ1) is 16.5. The molecule has 0 bridgehead atoms. The molecule has 1 amide bonds. The summed E-state index contributed by atoms with van der Waals surface area (Å²) in [5.41, 5.74) is 1.04. The number of carbonyl (C=O) groups excluding carboxylic acids is 2. The predicted octanol–water partition coefficient (Wildman–Crippen LogP) is 3.50. The van der Waals surface area contributed by atoms with Gasteiger partial charge in [-0.2, -0.15) is 0 Å². The van der Waals surface area contributed by atoms with Crippen molar-refractivity contribution in [1.82, 2.24) is 4.90 Å². The number of rotatable bonds is 7. The first-order valence-electron chi connectivity index (χ1n) is 8.03. The van der Waals surface area contributed by atoms with E-state index < -0.39 is 5.54 Å². The van der Waals surface area contributed by atoms with Crippen LogP contribution in [0, 0.1) is 0 Å². The Morgan fingerprint density at radius 3 is 2.64 bits per heavy atom.